The normalized spacial score (nSPS) is 20.1. The summed E-state index contributed by atoms with van der Waals surface area (Å²) in [4.78, 5) is 13.7. The SMILES string of the molecule is Cc1ccc(CN2CC(CN)CC2=O)c(C)c1. The van der Waals surface area contributed by atoms with Crippen molar-refractivity contribution >= 4 is 5.91 Å². The van der Waals surface area contributed by atoms with Gasteiger partial charge in [-0.3, -0.25) is 4.79 Å². The van der Waals surface area contributed by atoms with Gasteiger partial charge in [0.1, 0.15) is 0 Å². The Morgan fingerprint density at radius 2 is 2.18 bits per heavy atom. The van der Waals surface area contributed by atoms with Crippen molar-refractivity contribution in [3.63, 3.8) is 0 Å². The molecule has 1 aromatic rings. The second-order valence-corrected chi connectivity index (χ2v) is 5.01. The molecule has 2 rings (SSSR count). The van der Waals surface area contributed by atoms with E-state index >= 15 is 0 Å². The number of carbonyl (C=O) groups is 1. The monoisotopic (exact) mass is 232 g/mol. The molecule has 3 nitrogen and oxygen atoms in total. The molecule has 0 aromatic heterocycles. The number of hydrogen-bond donors (Lipinski definition) is 1. The molecular formula is C14H20N2O. The molecule has 92 valence electrons. The molecule has 1 saturated heterocycles. The highest BCUT2D eigenvalue weighted by molar-refractivity contribution is 5.78. The molecule has 0 aliphatic carbocycles. The van der Waals surface area contributed by atoms with Gasteiger partial charge in [0, 0.05) is 19.5 Å². The van der Waals surface area contributed by atoms with Gasteiger partial charge in [-0.1, -0.05) is 23.8 Å². The van der Waals surface area contributed by atoms with Gasteiger partial charge in [-0.25, -0.2) is 0 Å². The lowest BCUT2D eigenvalue weighted by Crippen LogP contribution is -2.26. The number of hydrogen-bond acceptors (Lipinski definition) is 2. The smallest absolute Gasteiger partial charge is 0.223 e. The van der Waals surface area contributed by atoms with Crippen molar-refractivity contribution < 1.29 is 4.79 Å². The van der Waals surface area contributed by atoms with Crippen LogP contribution in [0.4, 0.5) is 0 Å². The van der Waals surface area contributed by atoms with Gasteiger partial charge in [0.25, 0.3) is 0 Å². The number of likely N-dealkylation sites (tertiary alicyclic amines) is 1. The Bertz CT molecular complexity index is 428. The summed E-state index contributed by atoms with van der Waals surface area (Å²) in [5.74, 6) is 0.577. The van der Waals surface area contributed by atoms with Crippen molar-refractivity contribution in [1.29, 1.82) is 0 Å². The summed E-state index contributed by atoms with van der Waals surface area (Å²) in [5, 5.41) is 0. The zero-order valence-corrected chi connectivity index (χ0v) is 10.6. The molecule has 17 heavy (non-hydrogen) atoms. The molecule has 3 heteroatoms. The van der Waals surface area contributed by atoms with E-state index in [-0.39, 0.29) is 5.91 Å². The van der Waals surface area contributed by atoms with Gasteiger partial charge in [-0.05, 0) is 37.4 Å². The van der Waals surface area contributed by atoms with E-state index < -0.39 is 0 Å². The van der Waals surface area contributed by atoms with Crippen molar-refractivity contribution in [3.8, 4) is 0 Å². The fraction of sp³-hybridized carbons (Fsp3) is 0.500. The molecule has 1 aliphatic heterocycles. The zero-order valence-electron chi connectivity index (χ0n) is 10.6. The van der Waals surface area contributed by atoms with E-state index in [9.17, 15) is 4.79 Å². The molecule has 0 radical (unpaired) electrons. The summed E-state index contributed by atoms with van der Waals surface area (Å²) in [5.41, 5.74) is 9.38. The van der Waals surface area contributed by atoms with E-state index in [1.54, 1.807) is 0 Å². The molecule has 1 unspecified atom stereocenters. The third kappa shape index (κ3) is 2.67. The molecule has 1 aliphatic rings. The average molecular weight is 232 g/mol. The Labute approximate surface area is 103 Å². The van der Waals surface area contributed by atoms with Gasteiger partial charge in [0.05, 0.1) is 0 Å². The van der Waals surface area contributed by atoms with Crippen LogP contribution in [0.1, 0.15) is 23.1 Å². The number of benzene rings is 1. The minimum Gasteiger partial charge on any atom is -0.338 e. The van der Waals surface area contributed by atoms with Crippen LogP contribution in [0.2, 0.25) is 0 Å². The molecule has 1 atom stereocenters. The van der Waals surface area contributed by atoms with Crippen molar-refractivity contribution in [2.45, 2.75) is 26.8 Å². The third-order valence-electron chi connectivity index (χ3n) is 3.49. The van der Waals surface area contributed by atoms with E-state index in [2.05, 4.69) is 32.0 Å². The fourth-order valence-corrected chi connectivity index (χ4v) is 2.39. The molecule has 1 amide bonds. The first-order valence-electron chi connectivity index (χ1n) is 6.14. The summed E-state index contributed by atoms with van der Waals surface area (Å²) in [6, 6.07) is 6.38. The van der Waals surface area contributed by atoms with Gasteiger partial charge < -0.3 is 10.6 Å². The number of nitrogens with zero attached hydrogens (tertiary/aromatic N) is 1. The highest BCUT2D eigenvalue weighted by Gasteiger charge is 2.28. The fourth-order valence-electron chi connectivity index (χ4n) is 2.39. The van der Waals surface area contributed by atoms with Crippen LogP contribution in [0, 0.1) is 19.8 Å². The van der Waals surface area contributed by atoms with E-state index in [0.717, 1.165) is 13.1 Å². The quantitative estimate of drug-likeness (QED) is 0.860. The van der Waals surface area contributed by atoms with Crippen LogP contribution in [0.15, 0.2) is 18.2 Å². The van der Waals surface area contributed by atoms with Crippen molar-refractivity contribution in [1.82, 2.24) is 4.90 Å². The standard InChI is InChI=1S/C14H20N2O/c1-10-3-4-13(11(2)5-10)9-16-8-12(7-15)6-14(16)17/h3-5,12H,6-9,15H2,1-2H3. The Kier molecular flexibility index (Phi) is 3.48. The number of rotatable bonds is 3. The predicted octanol–water partition coefficient (Wildman–Crippen LogP) is 1.61. The third-order valence-corrected chi connectivity index (χ3v) is 3.49. The van der Waals surface area contributed by atoms with E-state index in [4.69, 9.17) is 5.73 Å². The van der Waals surface area contributed by atoms with Crippen LogP contribution >= 0.6 is 0 Å². The summed E-state index contributed by atoms with van der Waals surface area (Å²) in [7, 11) is 0. The number of amides is 1. The van der Waals surface area contributed by atoms with E-state index in [1.807, 2.05) is 4.90 Å². The minimum absolute atomic E-state index is 0.237. The summed E-state index contributed by atoms with van der Waals surface area (Å²) >= 11 is 0. The van der Waals surface area contributed by atoms with Gasteiger partial charge >= 0.3 is 0 Å². The Balaban J connectivity index is 2.08. The van der Waals surface area contributed by atoms with Gasteiger partial charge in [-0.15, -0.1) is 0 Å². The van der Waals surface area contributed by atoms with Gasteiger partial charge in [0.15, 0.2) is 0 Å². The Morgan fingerprint density at radius 3 is 2.76 bits per heavy atom. The van der Waals surface area contributed by atoms with Crippen LogP contribution in [0.25, 0.3) is 0 Å². The van der Waals surface area contributed by atoms with Crippen molar-refractivity contribution in [2.24, 2.45) is 11.7 Å². The molecule has 0 bridgehead atoms. The summed E-state index contributed by atoms with van der Waals surface area (Å²) in [6.07, 6.45) is 0.613. The second kappa shape index (κ2) is 4.88. The highest BCUT2D eigenvalue weighted by Crippen LogP contribution is 2.21. The van der Waals surface area contributed by atoms with Crippen LogP contribution in [0.5, 0.6) is 0 Å². The molecule has 1 fully saturated rings. The van der Waals surface area contributed by atoms with Crippen LogP contribution in [0.3, 0.4) is 0 Å². The minimum atomic E-state index is 0.237. The lowest BCUT2D eigenvalue weighted by molar-refractivity contribution is -0.128. The zero-order chi connectivity index (χ0) is 12.4. The molecule has 0 spiro atoms. The van der Waals surface area contributed by atoms with Crippen LogP contribution in [-0.2, 0) is 11.3 Å². The van der Waals surface area contributed by atoms with Crippen LogP contribution < -0.4 is 5.73 Å². The van der Waals surface area contributed by atoms with E-state index in [0.29, 0.717) is 18.9 Å². The highest BCUT2D eigenvalue weighted by atomic mass is 16.2. The Morgan fingerprint density at radius 1 is 1.41 bits per heavy atom. The Hall–Kier alpha value is -1.35. The summed E-state index contributed by atoms with van der Waals surface area (Å²) in [6.45, 7) is 6.32. The summed E-state index contributed by atoms with van der Waals surface area (Å²) < 4.78 is 0. The topological polar surface area (TPSA) is 46.3 Å². The largest absolute Gasteiger partial charge is 0.338 e. The van der Waals surface area contributed by atoms with Gasteiger partial charge in [-0.2, -0.15) is 0 Å². The van der Waals surface area contributed by atoms with Crippen molar-refractivity contribution in [3.05, 3.63) is 34.9 Å². The maximum Gasteiger partial charge on any atom is 0.223 e. The first-order chi connectivity index (χ1) is 8.10. The van der Waals surface area contributed by atoms with E-state index in [1.165, 1.54) is 16.7 Å². The number of aryl methyl sites for hydroxylation is 2. The maximum atomic E-state index is 11.8. The number of carbonyl (C=O) groups excluding carboxylic acids is 1. The second-order valence-electron chi connectivity index (χ2n) is 5.01. The maximum absolute atomic E-state index is 11.8. The molecular weight excluding hydrogens is 212 g/mol. The number of nitrogens with two attached hydrogens (primary N) is 1. The lowest BCUT2D eigenvalue weighted by atomic mass is 10.1. The lowest BCUT2D eigenvalue weighted by Gasteiger charge is -2.18. The van der Waals surface area contributed by atoms with Crippen LogP contribution in [-0.4, -0.2) is 23.9 Å². The molecule has 2 N–H and O–H groups in total. The predicted molar refractivity (Wildman–Crippen MR) is 68.5 cm³/mol. The first-order valence-corrected chi connectivity index (χ1v) is 6.14. The van der Waals surface area contributed by atoms with Crippen molar-refractivity contribution in [2.75, 3.05) is 13.1 Å². The molecule has 0 saturated carbocycles. The molecule has 1 aromatic carbocycles. The first kappa shape index (κ1) is 12.1. The van der Waals surface area contributed by atoms with Gasteiger partial charge in [0.2, 0.25) is 5.91 Å². The average Bonchev–Trinajstić information content (AvgIpc) is 2.64. The molecule has 1 heterocycles.